The van der Waals surface area contributed by atoms with Gasteiger partial charge < -0.3 is 5.32 Å². The molecule has 0 heterocycles. The first kappa shape index (κ1) is 16.2. The third-order valence-corrected chi connectivity index (χ3v) is 2.59. The maximum atomic E-state index is 12.7. The van der Waals surface area contributed by atoms with E-state index in [4.69, 9.17) is 11.6 Å². The molecule has 0 bridgehead atoms. The van der Waals surface area contributed by atoms with E-state index in [1.807, 2.05) is 0 Å². The van der Waals surface area contributed by atoms with E-state index >= 15 is 0 Å². The highest BCUT2D eigenvalue weighted by Gasteiger charge is 2.38. The first-order chi connectivity index (χ1) is 9.25. The largest absolute Gasteiger partial charge is 0.423 e. The molecule has 0 radical (unpaired) electrons. The average Bonchev–Trinajstić information content (AvgIpc) is 2.35. The van der Waals surface area contributed by atoms with Crippen LogP contribution in [-0.4, -0.2) is 16.7 Å². The summed E-state index contributed by atoms with van der Waals surface area (Å²) in [5.74, 6) is -0.255. The number of alkyl halides is 4. The number of nitrogens with one attached hydrogen (secondary N) is 1. The number of amides is 1. The van der Waals surface area contributed by atoms with E-state index in [9.17, 15) is 28.1 Å². The highest BCUT2D eigenvalue weighted by atomic mass is 35.5. The van der Waals surface area contributed by atoms with Gasteiger partial charge in [0.15, 0.2) is 0 Å². The summed E-state index contributed by atoms with van der Waals surface area (Å²) in [6, 6.07) is 2.29. The maximum Gasteiger partial charge on any atom is 0.423 e. The summed E-state index contributed by atoms with van der Waals surface area (Å²) in [5, 5.41) is 12.8. The molecule has 0 unspecified atom stereocenters. The zero-order chi connectivity index (χ0) is 15.3. The minimum Gasteiger partial charge on any atom is -0.326 e. The molecule has 110 valence electrons. The smallest absolute Gasteiger partial charge is 0.326 e. The fourth-order valence-electron chi connectivity index (χ4n) is 1.45. The average molecular weight is 311 g/mol. The van der Waals surface area contributed by atoms with E-state index in [0.29, 0.717) is 18.6 Å². The highest BCUT2D eigenvalue weighted by Crippen LogP contribution is 2.37. The van der Waals surface area contributed by atoms with E-state index in [2.05, 4.69) is 5.32 Å². The van der Waals surface area contributed by atoms with E-state index < -0.39 is 28.3 Å². The Morgan fingerprint density at radius 3 is 2.55 bits per heavy atom. The van der Waals surface area contributed by atoms with Crippen LogP contribution in [0.2, 0.25) is 0 Å². The van der Waals surface area contributed by atoms with Gasteiger partial charge >= 0.3 is 6.18 Å². The zero-order valence-corrected chi connectivity index (χ0v) is 10.8. The van der Waals surface area contributed by atoms with Crippen LogP contribution < -0.4 is 5.32 Å². The van der Waals surface area contributed by atoms with Crippen LogP contribution in [0.1, 0.15) is 18.4 Å². The van der Waals surface area contributed by atoms with Gasteiger partial charge in [-0.2, -0.15) is 13.2 Å². The van der Waals surface area contributed by atoms with Crippen LogP contribution >= 0.6 is 11.6 Å². The molecule has 1 aromatic rings. The van der Waals surface area contributed by atoms with Crippen molar-refractivity contribution in [1.82, 2.24) is 0 Å². The van der Waals surface area contributed by atoms with Crippen molar-refractivity contribution >= 4 is 28.9 Å². The molecule has 0 aliphatic heterocycles. The molecule has 1 rings (SSSR count). The fraction of sp³-hybridized carbons (Fsp3) is 0.364. The highest BCUT2D eigenvalue weighted by molar-refractivity contribution is 6.18. The maximum absolute atomic E-state index is 12.7. The molecular weight excluding hydrogens is 301 g/mol. The number of carbonyl (C=O) groups is 1. The van der Waals surface area contributed by atoms with Gasteiger partial charge in [0.05, 0.1) is 4.92 Å². The Morgan fingerprint density at radius 1 is 1.40 bits per heavy atom. The molecule has 0 fully saturated rings. The van der Waals surface area contributed by atoms with Gasteiger partial charge in [-0.1, -0.05) is 0 Å². The third kappa shape index (κ3) is 4.37. The standard InChI is InChI=1S/C11H10ClF3N2O3/c12-5-1-2-10(18)16-7-3-4-9(17(19)20)8(6-7)11(13,14)15/h3-4,6H,1-2,5H2,(H,16,18). The quantitative estimate of drug-likeness (QED) is 0.513. The Hall–Kier alpha value is -1.83. The van der Waals surface area contributed by atoms with Crippen LogP contribution in [-0.2, 0) is 11.0 Å². The summed E-state index contributed by atoms with van der Waals surface area (Å²) >= 11 is 5.39. The van der Waals surface area contributed by atoms with Gasteiger partial charge in [-0.15, -0.1) is 11.6 Å². The number of hydrogen-bond acceptors (Lipinski definition) is 3. The number of nitrogens with zero attached hydrogens (tertiary/aromatic N) is 1. The van der Waals surface area contributed by atoms with Crippen molar-refractivity contribution in [3.8, 4) is 0 Å². The first-order valence-corrected chi connectivity index (χ1v) is 6.00. The second-order valence-electron chi connectivity index (χ2n) is 3.83. The SMILES string of the molecule is O=C(CCCCl)Nc1ccc([N+](=O)[O-])c(C(F)(F)F)c1. The van der Waals surface area contributed by atoms with Crippen molar-refractivity contribution in [2.75, 3.05) is 11.2 Å². The number of halogens is 4. The predicted octanol–water partition coefficient (Wildman–Crippen LogP) is 3.57. The molecule has 0 aromatic heterocycles. The summed E-state index contributed by atoms with van der Waals surface area (Å²) in [6.07, 6.45) is -4.44. The van der Waals surface area contributed by atoms with Gasteiger partial charge in [-0.25, -0.2) is 0 Å². The monoisotopic (exact) mass is 310 g/mol. The van der Waals surface area contributed by atoms with Gasteiger partial charge in [0, 0.05) is 24.1 Å². The zero-order valence-electron chi connectivity index (χ0n) is 10.0. The number of hydrogen-bond donors (Lipinski definition) is 1. The van der Waals surface area contributed by atoms with Crippen molar-refractivity contribution in [2.45, 2.75) is 19.0 Å². The molecule has 0 aliphatic rings. The summed E-state index contributed by atoms with van der Waals surface area (Å²) in [7, 11) is 0. The minimum atomic E-state index is -4.88. The van der Waals surface area contributed by atoms with Gasteiger partial charge in [0.25, 0.3) is 5.69 Å². The first-order valence-electron chi connectivity index (χ1n) is 5.47. The number of rotatable bonds is 5. The van der Waals surface area contributed by atoms with Crippen LogP contribution in [0.5, 0.6) is 0 Å². The second-order valence-corrected chi connectivity index (χ2v) is 4.21. The van der Waals surface area contributed by atoms with Crippen molar-refractivity contribution in [3.63, 3.8) is 0 Å². The molecule has 0 saturated heterocycles. The van der Waals surface area contributed by atoms with Crippen LogP contribution in [0.3, 0.4) is 0 Å². The molecule has 9 heteroatoms. The molecule has 20 heavy (non-hydrogen) atoms. The summed E-state index contributed by atoms with van der Waals surface area (Å²) < 4.78 is 38.1. The minimum absolute atomic E-state index is 0.0574. The molecule has 0 aliphatic carbocycles. The van der Waals surface area contributed by atoms with E-state index in [1.54, 1.807) is 0 Å². The Morgan fingerprint density at radius 2 is 2.05 bits per heavy atom. The number of nitro groups is 1. The van der Waals surface area contributed by atoms with Crippen LogP contribution in [0.4, 0.5) is 24.5 Å². The van der Waals surface area contributed by atoms with Crippen LogP contribution in [0.25, 0.3) is 0 Å². The summed E-state index contributed by atoms with van der Waals surface area (Å²) in [5.41, 5.74) is -2.61. The predicted molar refractivity (Wildman–Crippen MR) is 66.7 cm³/mol. The number of benzene rings is 1. The van der Waals surface area contributed by atoms with Crippen molar-refractivity contribution < 1.29 is 22.9 Å². The van der Waals surface area contributed by atoms with Gasteiger partial charge in [0.2, 0.25) is 5.91 Å². The molecule has 0 atom stereocenters. The number of nitro benzene ring substituents is 1. The van der Waals surface area contributed by atoms with Crippen LogP contribution in [0.15, 0.2) is 18.2 Å². The summed E-state index contributed by atoms with van der Waals surface area (Å²) in [6.45, 7) is 0. The second kappa shape index (κ2) is 6.56. The van der Waals surface area contributed by atoms with Gasteiger partial charge in [-0.3, -0.25) is 14.9 Å². The molecule has 1 N–H and O–H groups in total. The Kier molecular flexibility index (Phi) is 5.32. The summed E-state index contributed by atoms with van der Waals surface area (Å²) in [4.78, 5) is 20.8. The lowest BCUT2D eigenvalue weighted by Gasteiger charge is -2.10. The van der Waals surface area contributed by atoms with Crippen molar-refractivity contribution in [1.29, 1.82) is 0 Å². The normalized spacial score (nSPS) is 11.2. The molecule has 1 amide bonds. The fourth-order valence-corrected chi connectivity index (χ4v) is 1.58. The lowest BCUT2D eigenvalue weighted by atomic mass is 10.1. The molecule has 0 spiro atoms. The van der Waals surface area contributed by atoms with Crippen LogP contribution in [0, 0.1) is 10.1 Å². The van der Waals surface area contributed by atoms with Gasteiger partial charge in [-0.05, 0) is 18.6 Å². The molecular formula is C11H10ClF3N2O3. The molecule has 0 saturated carbocycles. The van der Waals surface area contributed by atoms with E-state index in [-0.39, 0.29) is 18.0 Å². The Balaban J connectivity index is 3.01. The lowest BCUT2D eigenvalue weighted by Crippen LogP contribution is -2.14. The molecule has 5 nitrogen and oxygen atoms in total. The number of carbonyl (C=O) groups excluding carboxylic acids is 1. The van der Waals surface area contributed by atoms with E-state index in [1.165, 1.54) is 0 Å². The topological polar surface area (TPSA) is 72.2 Å². The Bertz CT molecular complexity index is 520. The van der Waals surface area contributed by atoms with Gasteiger partial charge in [0.1, 0.15) is 5.56 Å². The Labute approximate surface area is 116 Å². The van der Waals surface area contributed by atoms with E-state index in [0.717, 1.165) is 6.07 Å². The third-order valence-electron chi connectivity index (χ3n) is 2.32. The van der Waals surface area contributed by atoms with Crippen molar-refractivity contribution in [3.05, 3.63) is 33.9 Å². The lowest BCUT2D eigenvalue weighted by molar-refractivity contribution is -0.388. The molecule has 1 aromatic carbocycles. The number of anilines is 1. The van der Waals surface area contributed by atoms with Crippen molar-refractivity contribution in [2.24, 2.45) is 0 Å².